The molecule has 2 rings (SSSR count). The van der Waals surface area contributed by atoms with E-state index < -0.39 is 21.7 Å². The first-order valence-electron chi connectivity index (χ1n) is 5.53. The Labute approximate surface area is 118 Å². The zero-order valence-corrected chi connectivity index (χ0v) is 12.4. The quantitative estimate of drug-likeness (QED) is 0.862. The van der Waals surface area contributed by atoms with E-state index >= 15 is 0 Å². The summed E-state index contributed by atoms with van der Waals surface area (Å²) in [5.74, 6) is -1.07. The van der Waals surface area contributed by atoms with Gasteiger partial charge < -0.3 is 5.32 Å². The highest BCUT2D eigenvalue weighted by atomic mass is 79.9. The second kappa shape index (κ2) is 4.84. The van der Waals surface area contributed by atoms with Gasteiger partial charge in [-0.3, -0.25) is 4.79 Å². The van der Waals surface area contributed by atoms with Gasteiger partial charge in [0.2, 0.25) is 10.0 Å². The first kappa shape index (κ1) is 14.4. The molecule has 2 unspecified atom stereocenters. The van der Waals surface area contributed by atoms with Crippen molar-refractivity contribution in [3.05, 3.63) is 28.0 Å². The van der Waals surface area contributed by atoms with Gasteiger partial charge in [-0.25, -0.2) is 17.9 Å². The van der Waals surface area contributed by atoms with Crippen LogP contribution in [0.3, 0.4) is 0 Å². The number of halogens is 2. The van der Waals surface area contributed by atoms with Crippen LogP contribution in [0.15, 0.2) is 21.5 Å². The van der Waals surface area contributed by atoms with Crippen LogP contribution in [0.2, 0.25) is 0 Å². The van der Waals surface area contributed by atoms with Crippen molar-refractivity contribution in [3.8, 4) is 0 Å². The number of nitrogens with one attached hydrogen (secondary N) is 1. The van der Waals surface area contributed by atoms with Gasteiger partial charge in [-0.15, -0.1) is 0 Å². The molecule has 1 amide bonds. The van der Waals surface area contributed by atoms with Crippen LogP contribution >= 0.6 is 15.9 Å². The zero-order valence-electron chi connectivity index (χ0n) is 9.98. The molecular formula is C11H12BrFN2O3S. The van der Waals surface area contributed by atoms with E-state index in [1.165, 1.54) is 0 Å². The summed E-state index contributed by atoms with van der Waals surface area (Å²) in [4.78, 5) is 11.5. The molecule has 1 aliphatic rings. The lowest BCUT2D eigenvalue weighted by molar-refractivity contribution is 0.0945. The van der Waals surface area contributed by atoms with Gasteiger partial charge in [0.1, 0.15) is 5.82 Å². The average Bonchev–Trinajstić information content (AvgIpc) is 2.91. The van der Waals surface area contributed by atoms with Gasteiger partial charge in [-0.05, 0) is 40.4 Å². The van der Waals surface area contributed by atoms with Crippen molar-refractivity contribution < 1.29 is 17.6 Å². The molecular weight excluding hydrogens is 339 g/mol. The summed E-state index contributed by atoms with van der Waals surface area (Å²) in [5.41, 5.74) is -0.327. The fraction of sp³-hybridized carbons (Fsp3) is 0.364. The van der Waals surface area contributed by atoms with E-state index in [1.54, 1.807) is 0 Å². The minimum absolute atomic E-state index is 0.0103. The number of carbonyl (C=O) groups excluding carboxylic acids is 1. The highest BCUT2D eigenvalue weighted by molar-refractivity contribution is 9.10. The predicted molar refractivity (Wildman–Crippen MR) is 70.5 cm³/mol. The van der Waals surface area contributed by atoms with Crippen molar-refractivity contribution in [2.24, 2.45) is 11.1 Å². The van der Waals surface area contributed by atoms with E-state index in [4.69, 9.17) is 5.14 Å². The fourth-order valence-corrected chi connectivity index (χ4v) is 3.30. The number of rotatable bonds is 3. The smallest absolute Gasteiger partial charge is 0.254 e. The Balaban J connectivity index is 2.37. The maximum atomic E-state index is 13.7. The minimum Gasteiger partial charge on any atom is -0.349 e. The fourth-order valence-electron chi connectivity index (χ4n) is 1.69. The van der Waals surface area contributed by atoms with Crippen molar-refractivity contribution >= 4 is 31.9 Å². The molecule has 1 saturated carbocycles. The summed E-state index contributed by atoms with van der Waals surface area (Å²) in [6.07, 6.45) is 0.839. The van der Waals surface area contributed by atoms with Crippen LogP contribution < -0.4 is 10.5 Å². The van der Waals surface area contributed by atoms with Gasteiger partial charge in [-0.2, -0.15) is 0 Å². The first-order chi connectivity index (χ1) is 8.70. The molecule has 0 heterocycles. The average molecular weight is 351 g/mol. The van der Waals surface area contributed by atoms with Gasteiger partial charge in [-0.1, -0.05) is 6.92 Å². The van der Waals surface area contributed by atoms with E-state index in [0.717, 1.165) is 18.6 Å². The van der Waals surface area contributed by atoms with Crippen LogP contribution in [-0.2, 0) is 10.0 Å². The molecule has 0 spiro atoms. The zero-order chi connectivity index (χ0) is 14.4. The Morgan fingerprint density at radius 3 is 2.58 bits per heavy atom. The highest BCUT2D eigenvalue weighted by Gasteiger charge is 2.34. The Kier molecular flexibility index (Phi) is 3.67. The summed E-state index contributed by atoms with van der Waals surface area (Å²) in [5, 5.41) is 7.63. The third kappa shape index (κ3) is 3.13. The van der Waals surface area contributed by atoms with Crippen molar-refractivity contribution in [3.63, 3.8) is 0 Å². The Bertz CT molecular complexity index is 648. The number of primary sulfonamides is 1. The Morgan fingerprint density at radius 2 is 2.11 bits per heavy atom. The monoisotopic (exact) mass is 350 g/mol. The van der Waals surface area contributed by atoms with E-state index in [0.29, 0.717) is 5.92 Å². The summed E-state index contributed by atoms with van der Waals surface area (Å²) < 4.78 is 36.3. The normalized spacial score (nSPS) is 22.1. The second-order valence-electron chi connectivity index (χ2n) is 4.60. The minimum atomic E-state index is -4.02. The van der Waals surface area contributed by atoms with Crippen LogP contribution in [0, 0.1) is 11.7 Å². The molecule has 0 aromatic heterocycles. The highest BCUT2D eigenvalue weighted by Crippen LogP contribution is 2.30. The van der Waals surface area contributed by atoms with Gasteiger partial charge in [0.25, 0.3) is 5.91 Å². The molecule has 1 aromatic carbocycles. The van der Waals surface area contributed by atoms with E-state index in [-0.39, 0.29) is 21.0 Å². The van der Waals surface area contributed by atoms with Gasteiger partial charge in [0.05, 0.1) is 10.5 Å². The summed E-state index contributed by atoms with van der Waals surface area (Å²) in [6, 6.07) is 1.88. The third-order valence-corrected chi connectivity index (χ3v) is 4.87. The van der Waals surface area contributed by atoms with Crippen molar-refractivity contribution in [1.29, 1.82) is 0 Å². The molecule has 8 heteroatoms. The van der Waals surface area contributed by atoms with Crippen LogP contribution in [0.5, 0.6) is 0 Å². The molecule has 0 aliphatic heterocycles. The summed E-state index contributed by atoms with van der Waals surface area (Å²) >= 11 is 2.91. The van der Waals surface area contributed by atoms with E-state index in [2.05, 4.69) is 21.2 Å². The number of hydrogen-bond acceptors (Lipinski definition) is 3. The van der Waals surface area contributed by atoms with Crippen LogP contribution in [0.25, 0.3) is 0 Å². The van der Waals surface area contributed by atoms with Crippen molar-refractivity contribution in [2.45, 2.75) is 24.3 Å². The van der Waals surface area contributed by atoms with Crippen molar-refractivity contribution in [1.82, 2.24) is 5.32 Å². The number of carbonyl (C=O) groups is 1. The maximum Gasteiger partial charge on any atom is 0.254 e. The first-order valence-corrected chi connectivity index (χ1v) is 7.87. The molecule has 5 nitrogen and oxygen atoms in total. The molecule has 0 radical (unpaired) electrons. The van der Waals surface area contributed by atoms with Crippen LogP contribution in [0.4, 0.5) is 4.39 Å². The predicted octanol–water partition coefficient (Wildman–Crippen LogP) is 1.37. The second-order valence-corrected chi connectivity index (χ2v) is 6.98. The van der Waals surface area contributed by atoms with Crippen LogP contribution in [-0.4, -0.2) is 20.4 Å². The standard InChI is InChI=1S/C11H12BrFN2O3S/c1-5-2-9(5)15-11(16)6-3-10(19(14,17)18)7(12)4-8(6)13/h3-5,9H,2H2,1H3,(H,15,16)(H2,14,17,18). The van der Waals surface area contributed by atoms with Gasteiger partial charge in [0, 0.05) is 10.5 Å². The largest absolute Gasteiger partial charge is 0.349 e. The van der Waals surface area contributed by atoms with Crippen LogP contribution in [0.1, 0.15) is 23.7 Å². The van der Waals surface area contributed by atoms with Crippen molar-refractivity contribution in [2.75, 3.05) is 0 Å². The van der Waals surface area contributed by atoms with Gasteiger partial charge >= 0.3 is 0 Å². The molecule has 104 valence electrons. The van der Waals surface area contributed by atoms with Gasteiger partial charge in [0.15, 0.2) is 0 Å². The molecule has 1 fully saturated rings. The summed E-state index contributed by atoms with van der Waals surface area (Å²) in [6.45, 7) is 1.96. The molecule has 1 aliphatic carbocycles. The molecule has 3 N–H and O–H groups in total. The number of amides is 1. The van der Waals surface area contributed by atoms with E-state index in [9.17, 15) is 17.6 Å². The van der Waals surface area contributed by atoms with E-state index in [1.807, 2.05) is 6.92 Å². The SMILES string of the molecule is CC1CC1NC(=O)c1cc(S(N)(=O)=O)c(Br)cc1F. The lowest BCUT2D eigenvalue weighted by atomic mass is 10.2. The molecule has 0 bridgehead atoms. The molecule has 2 atom stereocenters. The lowest BCUT2D eigenvalue weighted by Crippen LogP contribution is -2.28. The third-order valence-electron chi connectivity index (χ3n) is 3.00. The number of nitrogens with two attached hydrogens (primary N) is 1. The number of sulfonamides is 1. The maximum absolute atomic E-state index is 13.7. The number of hydrogen-bond donors (Lipinski definition) is 2. The Hall–Kier alpha value is -0.990. The molecule has 0 saturated heterocycles. The topological polar surface area (TPSA) is 89.3 Å². The summed E-state index contributed by atoms with van der Waals surface area (Å²) in [7, 11) is -4.02. The lowest BCUT2D eigenvalue weighted by Gasteiger charge is -2.08. The number of benzene rings is 1. The molecule has 19 heavy (non-hydrogen) atoms. The molecule has 1 aromatic rings. The Morgan fingerprint density at radius 1 is 1.53 bits per heavy atom.